The van der Waals surface area contributed by atoms with Gasteiger partial charge in [-0.1, -0.05) is 60.7 Å². The van der Waals surface area contributed by atoms with Gasteiger partial charge in [0, 0.05) is 18.2 Å². The highest BCUT2D eigenvalue weighted by atomic mass is 16.2. The van der Waals surface area contributed by atoms with Gasteiger partial charge in [0.25, 0.3) is 17.7 Å². The number of anilines is 2. The van der Waals surface area contributed by atoms with Gasteiger partial charge in [-0.15, -0.1) is 0 Å². The maximum absolute atomic E-state index is 13.3. The van der Waals surface area contributed by atoms with Crippen LogP contribution < -0.4 is 15.5 Å². The van der Waals surface area contributed by atoms with Gasteiger partial charge in [0.05, 0.1) is 22.9 Å². The van der Waals surface area contributed by atoms with Crippen molar-refractivity contribution in [3.8, 4) is 0 Å². The molecule has 0 fully saturated rings. The maximum atomic E-state index is 13.3. The molecule has 37 heavy (non-hydrogen) atoms. The Morgan fingerprint density at radius 1 is 0.703 bits per heavy atom. The highest BCUT2D eigenvalue weighted by molar-refractivity contribution is 6.34. The van der Waals surface area contributed by atoms with Gasteiger partial charge in [0.1, 0.15) is 0 Å². The summed E-state index contributed by atoms with van der Waals surface area (Å²) in [6, 6.07) is 29.8. The van der Waals surface area contributed by atoms with E-state index in [4.69, 9.17) is 0 Å². The largest absolute Gasteiger partial charge is 0.341 e. The van der Waals surface area contributed by atoms with Crippen LogP contribution in [0.4, 0.5) is 11.4 Å². The van der Waals surface area contributed by atoms with E-state index >= 15 is 0 Å². The minimum absolute atomic E-state index is 0.166. The molecule has 4 aromatic rings. The molecule has 4 aromatic carbocycles. The van der Waals surface area contributed by atoms with Gasteiger partial charge in [-0.25, -0.2) is 4.90 Å². The van der Waals surface area contributed by atoms with E-state index in [1.54, 1.807) is 30.3 Å². The second kappa shape index (κ2) is 9.91. The Hall–Kier alpha value is -5.04. The topological polar surface area (TPSA) is 95.6 Å². The molecule has 1 heterocycles. The monoisotopic (exact) mass is 489 g/mol. The van der Waals surface area contributed by atoms with E-state index in [2.05, 4.69) is 10.6 Å². The van der Waals surface area contributed by atoms with Crippen LogP contribution in [0.5, 0.6) is 0 Å². The van der Waals surface area contributed by atoms with E-state index in [0.29, 0.717) is 11.4 Å². The van der Waals surface area contributed by atoms with Crippen LogP contribution in [0.15, 0.2) is 103 Å². The van der Waals surface area contributed by atoms with E-state index in [1.807, 2.05) is 60.7 Å². The summed E-state index contributed by atoms with van der Waals surface area (Å²) in [7, 11) is 0. The average Bonchev–Trinajstić information content (AvgIpc) is 3.17. The SMILES string of the molecule is CC(=O)Nc1ccc(N2C(=O)c3ccc(C(=O)NC(c4ccccc4)c4ccccc4)cc3C2=O)cc1. The Kier molecular flexibility index (Phi) is 6.34. The van der Waals surface area contributed by atoms with Crippen molar-refractivity contribution >= 4 is 35.0 Å². The van der Waals surface area contributed by atoms with Crippen LogP contribution in [0, 0.1) is 0 Å². The molecule has 4 amide bonds. The van der Waals surface area contributed by atoms with Crippen LogP contribution in [-0.4, -0.2) is 23.6 Å². The van der Waals surface area contributed by atoms with Gasteiger partial charge in [0.15, 0.2) is 0 Å². The molecule has 7 heteroatoms. The number of hydrogen-bond acceptors (Lipinski definition) is 4. The molecule has 0 saturated heterocycles. The van der Waals surface area contributed by atoms with Crippen LogP contribution in [0.3, 0.4) is 0 Å². The molecule has 0 aliphatic carbocycles. The van der Waals surface area contributed by atoms with E-state index < -0.39 is 11.8 Å². The first-order chi connectivity index (χ1) is 17.9. The summed E-state index contributed by atoms with van der Waals surface area (Å²) >= 11 is 0. The number of hydrogen-bond donors (Lipinski definition) is 2. The number of benzene rings is 4. The average molecular weight is 490 g/mol. The molecular formula is C30H23N3O4. The van der Waals surface area contributed by atoms with Gasteiger partial charge < -0.3 is 10.6 Å². The third-order valence-corrected chi connectivity index (χ3v) is 6.14. The number of imide groups is 1. The lowest BCUT2D eigenvalue weighted by Crippen LogP contribution is -2.30. The number of amides is 4. The first-order valence-electron chi connectivity index (χ1n) is 11.7. The number of fused-ring (bicyclic) bond motifs is 1. The molecular weight excluding hydrogens is 466 g/mol. The van der Waals surface area contributed by atoms with Crippen molar-refractivity contribution in [3.63, 3.8) is 0 Å². The number of nitrogens with one attached hydrogen (secondary N) is 2. The van der Waals surface area contributed by atoms with E-state index in [-0.39, 0.29) is 34.5 Å². The minimum atomic E-state index is -0.510. The zero-order valence-corrected chi connectivity index (χ0v) is 20.0. The Morgan fingerprint density at radius 2 is 1.27 bits per heavy atom. The summed E-state index contributed by atoms with van der Waals surface area (Å²) in [4.78, 5) is 51.9. The molecule has 182 valence electrons. The normalized spacial score (nSPS) is 12.4. The third-order valence-electron chi connectivity index (χ3n) is 6.14. The number of carbonyl (C=O) groups excluding carboxylic acids is 4. The van der Waals surface area contributed by atoms with Crippen molar-refractivity contribution < 1.29 is 19.2 Å². The maximum Gasteiger partial charge on any atom is 0.266 e. The van der Waals surface area contributed by atoms with Gasteiger partial charge in [-0.05, 0) is 53.6 Å². The van der Waals surface area contributed by atoms with Gasteiger partial charge >= 0.3 is 0 Å². The fourth-order valence-electron chi connectivity index (χ4n) is 4.38. The molecule has 0 bridgehead atoms. The van der Waals surface area contributed by atoms with Crippen molar-refractivity contribution in [1.82, 2.24) is 5.32 Å². The van der Waals surface area contributed by atoms with Crippen LogP contribution >= 0.6 is 0 Å². The van der Waals surface area contributed by atoms with Crippen molar-refractivity contribution in [1.29, 1.82) is 0 Å². The summed E-state index contributed by atoms with van der Waals surface area (Å²) in [5.74, 6) is -1.56. The summed E-state index contributed by atoms with van der Waals surface area (Å²) in [6.07, 6.45) is 0. The third kappa shape index (κ3) is 4.75. The Morgan fingerprint density at radius 3 is 1.84 bits per heavy atom. The lowest BCUT2D eigenvalue weighted by Gasteiger charge is -2.20. The molecule has 0 unspecified atom stereocenters. The summed E-state index contributed by atoms with van der Waals surface area (Å²) in [5, 5.41) is 5.71. The predicted molar refractivity (Wildman–Crippen MR) is 141 cm³/mol. The molecule has 0 radical (unpaired) electrons. The summed E-state index contributed by atoms with van der Waals surface area (Å²) in [6.45, 7) is 1.40. The standard InChI is InChI=1S/C30H23N3O4/c1-19(34)31-23-13-15-24(16-14-23)33-29(36)25-17-12-22(18-26(25)30(33)37)28(35)32-27(20-8-4-2-5-9-20)21-10-6-3-7-11-21/h2-18,27H,1H3,(H,31,34)(H,32,35). The predicted octanol–water partition coefficient (Wildman–Crippen LogP) is 4.97. The highest BCUT2D eigenvalue weighted by Crippen LogP contribution is 2.30. The van der Waals surface area contributed by atoms with Gasteiger partial charge in [-0.3, -0.25) is 19.2 Å². The second-order valence-corrected chi connectivity index (χ2v) is 8.66. The zero-order valence-electron chi connectivity index (χ0n) is 20.0. The molecule has 5 rings (SSSR count). The van der Waals surface area contributed by atoms with Crippen LogP contribution in [0.2, 0.25) is 0 Å². The first kappa shape index (κ1) is 23.7. The van der Waals surface area contributed by atoms with Crippen LogP contribution in [-0.2, 0) is 4.79 Å². The number of nitrogens with zero attached hydrogens (tertiary/aromatic N) is 1. The molecule has 0 saturated carbocycles. The van der Waals surface area contributed by atoms with Crippen LogP contribution in [0.25, 0.3) is 0 Å². The number of carbonyl (C=O) groups is 4. The lowest BCUT2D eigenvalue weighted by atomic mass is 9.98. The highest BCUT2D eigenvalue weighted by Gasteiger charge is 2.37. The van der Waals surface area contributed by atoms with Crippen LogP contribution in [0.1, 0.15) is 55.2 Å². The first-order valence-corrected chi connectivity index (χ1v) is 11.7. The van der Waals surface area contributed by atoms with E-state index in [9.17, 15) is 19.2 Å². The Balaban J connectivity index is 1.41. The van der Waals surface area contributed by atoms with Gasteiger partial charge in [-0.2, -0.15) is 0 Å². The van der Waals surface area contributed by atoms with Gasteiger partial charge in [0.2, 0.25) is 5.91 Å². The molecule has 0 atom stereocenters. The number of rotatable bonds is 6. The Labute approximate surface area is 213 Å². The van der Waals surface area contributed by atoms with E-state index in [0.717, 1.165) is 16.0 Å². The quantitative estimate of drug-likeness (QED) is 0.374. The van der Waals surface area contributed by atoms with Crippen molar-refractivity contribution in [3.05, 3.63) is 131 Å². The van der Waals surface area contributed by atoms with E-state index in [1.165, 1.54) is 19.1 Å². The fraction of sp³-hybridized carbons (Fsp3) is 0.0667. The Bertz CT molecular complexity index is 1460. The molecule has 1 aliphatic heterocycles. The van der Waals surface area contributed by atoms with Crippen molar-refractivity contribution in [2.75, 3.05) is 10.2 Å². The zero-order chi connectivity index (χ0) is 25.9. The summed E-state index contributed by atoms with van der Waals surface area (Å²) < 4.78 is 0. The molecule has 2 N–H and O–H groups in total. The minimum Gasteiger partial charge on any atom is -0.341 e. The van der Waals surface area contributed by atoms with Crippen molar-refractivity contribution in [2.45, 2.75) is 13.0 Å². The molecule has 0 spiro atoms. The fourth-order valence-corrected chi connectivity index (χ4v) is 4.38. The summed E-state index contributed by atoms with van der Waals surface area (Å²) in [5.41, 5.74) is 3.44. The smallest absolute Gasteiger partial charge is 0.266 e. The molecule has 7 nitrogen and oxygen atoms in total. The lowest BCUT2D eigenvalue weighted by molar-refractivity contribution is -0.114. The molecule has 0 aromatic heterocycles. The molecule has 1 aliphatic rings. The van der Waals surface area contributed by atoms with Crippen molar-refractivity contribution in [2.24, 2.45) is 0 Å². The second-order valence-electron chi connectivity index (χ2n) is 8.66.